The zero-order valence-corrected chi connectivity index (χ0v) is 22.6. The van der Waals surface area contributed by atoms with Crippen LogP contribution in [-0.2, 0) is 20.0 Å². The maximum absolute atomic E-state index is 13.1. The zero-order chi connectivity index (χ0) is 26.6. The van der Waals surface area contributed by atoms with Crippen LogP contribution in [0.15, 0.2) is 74.4 Å². The third-order valence-electron chi connectivity index (χ3n) is 5.75. The monoisotopic (exact) mass is 562 g/mol. The molecule has 1 aliphatic heterocycles. The van der Waals surface area contributed by atoms with E-state index in [1.54, 1.807) is 30.5 Å². The Kier molecular flexibility index (Phi) is 8.04. The molecule has 1 fully saturated rings. The molecule has 0 unspecified atom stereocenters. The summed E-state index contributed by atoms with van der Waals surface area (Å²) >= 11 is 1.05. The van der Waals surface area contributed by atoms with Gasteiger partial charge in [0.1, 0.15) is 4.21 Å². The second-order valence-electron chi connectivity index (χ2n) is 8.33. The molecule has 2 aromatic heterocycles. The summed E-state index contributed by atoms with van der Waals surface area (Å²) < 4.78 is 55.3. The molecule has 14 heteroatoms. The molecule has 4 rings (SSSR count). The lowest BCUT2D eigenvalue weighted by molar-refractivity contribution is 0.0955. The molecule has 11 nitrogen and oxygen atoms in total. The number of carbonyl (C=O) groups excluding carboxylic acids is 1. The number of nitrogens with one attached hydrogen (secondary N) is 2. The molecule has 0 atom stereocenters. The molecule has 1 amide bonds. The van der Waals surface area contributed by atoms with E-state index in [0.717, 1.165) is 11.3 Å². The van der Waals surface area contributed by atoms with Crippen LogP contribution in [0, 0.1) is 0 Å². The van der Waals surface area contributed by atoms with E-state index in [1.165, 1.54) is 41.0 Å². The van der Waals surface area contributed by atoms with Crippen LogP contribution >= 0.6 is 11.3 Å². The summed E-state index contributed by atoms with van der Waals surface area (Å²) in [6, 6.07) is 10.8. The van der Waals surface area contributed by atoms with Gasteiger partial charge in [-0.05, 0) is 49.2 Å². The number of hydrogen-bond donors (Lipinski definition) is 2. The van der Waals surface area contributed by atoms with Crippen molar-refractivity contribution < 1.29 is 21.6 Å². The minimum atomic E-state index is -3.88. The molecule has 0 radical (unpaired) electrons. The third-order valence-corrected chi connectivity index (χ3v) is 10.4. The molecule has 37 heavy (non-hydrogen) atoms. The number of sulfonamides is 2. The highest BCUT2D eigenvalue weighted by Gasteiger charge is 2.27. The Morgan fingerprint density at radius 1 is 1.05 bits per heavy atom. The van der Waals surface area contributed by atoms with Crippen molar-refractivity contribution in [2.24, 2.45) is 5.10 Å². The van der Waals surface area contributed by atoms with Crippen LogP contribution in [0.5, 0.6) is 0 Å². The fraction of sp³-hybridized carbons (Fsp3) is 0.261. The quantitative estimate of drug-likeness (QED) is 0.316. The molecule has 0 bridgehead atoms. The number of carbonyl (C=O) groups is 1. The number of benzene rings is 1. The summed E-state index contributed by atoms with van der Waals surface area (Å²) in [6.45, 7) is 3.78. The van der Waals surface area contributed by atoms with Gasteiger partial charge in [-0.1, -0.05) is 18.2 Å². The van der Waals surface area contributed by atoms with E-state index in [-0.39, 0.29) is 20.4 Å². The van der Waals surface area contributed by atoms with Crippen LogP contribution in [0.25, 0.3) is 0 Å². The molecular formula is C23H26N6O5S3. The molecule has 1 aliphatic rings. The summed E-state index contributed by atoms with van der Waals surface area (Å²) in [5.41, 5.74) is 3.33. The van der Waals surface area contributed by atoms with Gasteiger partial charge in [-0.2, -0.15) is 9.41 Å². The van der Waals surface area contributed by atoms with E-state index in [9.17, 15) is 21.6 Å². The first-order chi connectivity index (χ1) is 17.6. The maximum Gasteiger partial charge on any atom is 0.273 e. The standard InChI is InChI=1S/C23H26N6O5S3/c1-17(18-5-3-6-19(15-18)37(33,34)29-12-10-28(2)11-13-29)25-26-23(30)20-8-9-24-16-21(20)27-36(31,32)22-7-4-14-35-22/h3-9,14-16,27H,10-13H2,1-2H3,(H,26,30)/b25-17+. The van der Waals surface area contributed by atoms with Gasteiger partial charge in [0.15, 0.2) is 0 Å². The van der Waals surface area contributed by atoms with Crippen LogP contribution < -0.4 is 10.1 Å². The van der Waals surface area contributed by atoms with Crippen molar-refractivity contribution in [1.29, 1.82) is 0 Å². The van der Waals surface area contributed by atoms with Gasteiger partial charge in [-0.25, -0.2) is 22.3 Å². The van der Waals surface area contributed by atoms with Gasteiger partial charge in [0.05, 0.1) is 28.1 Å². The highest BCUT2D eigenvalue weighted by Crippen LogP contribution is 2.22. The largest absolute Gasteiger partial charge is 0.304 e. The molecule has 1 aromatic carbocycles. The lowest BCUT2D eigenvalue weighted by atomic mass is 10.1. The number of hydrogen-bond acceptors (Lipinski definition) is 9. The average molecular weight is 563 g/mol. The summed E-state index contributed by atoms with van der Waals surface area (Å²) in [4.78, 5) is 19.0. The Labute approximate surface area is 219 Å². The highest BCUT2D eigenvalue weighted by molar-refractivity contribution is 7.94. The molecule has 2 N–H and O–H groups in total. The predicted molar refractivity (Wildman–Crippen MR) is 142 cm³/mol. The summed E-state index contributed by atoms with van der Waals surface area (Å²) in [5.74, 6) is -0.660. The third kappa shape index (κ3) is 6.22. The number of thiophene rings is 1. The van der Waals surface area contributed by atoms with Crippen molar-refractivity contribution in [3.63, 3.8) is 0 Å². The van der Waals surface area contributed by atoms with E-state index in [0.29, 0.717) is 37.5 Å². The second-order valence-corrected chi connectivity index (χ2v) is 13.1. The van der Waals surface area contributed by atoms with E-state index >= 15 is 0 Å². The fourth-order valence-corrected chi connectivity index (χ4v) is 7.13. The first kappa shape index (κ1) is 26.9. The summed E-state index contributed by atoms with van der Waals surface area (Å²) in [7, 11) is -5.60. The number of rotatable bonds is 8. The van der Waals surface area contributed by atoms with E-state index in [4.69, 9.17) is 0 Å². The van der Waals surface area contributed by atoms with Crippen LogP contribution in [0.3, 0.4) is 0 Å². The Morgan fingerprint density at radius 2 is 1.81 bits per heavy atom. The van der Waals surface area contributed by atoms with Crippen LogP contribution in [-0.4, -0.2) is 75.9 Å². The minimum absolute atomic E-state index is 0.00141. The van der Waals surface area contributed by atoms with Crippen molar-refractivity contribution >= 4 is 48.7 Å². The van der Waals surface area contributed by atoms with Gasteiger partial charge in [0.2, 0.25) is 10.0 Å². The zero-order valence-electron chi connectivity index (χ0n) is 20.2. The molecule has 0 saturated carbocycles. The Balaban J connectivity index is 1.50. The number of hydrazone groups is 1. The van der Waals surface area contributed by atoms with Crippen LogP contribution in [0.4, 0.5) is 5.69 Å². The fourth-order valence-electron chi connectivity index (χ4n) is 3.60. The van der Waals surface area contributed by atoms with Crippen molar-refractivity contribution in [3.05, 3.63) is 71.4 Å². The topological polar surface area (TPSA) is 141 Å². The van der Waals surface area contributed by atoms with Gasteiger partial charge < -0.3 is 4.90 Å². The molecule has 196 valence electrons. The molecule has 3 aromatic rings. The first-order valence-corrected chi connectivity index (χ1v) is 15.0. The second kappa shape index (κ2) is 11.1. The number of likely N-dealkylation sites (N-methyl/N-ethyl adjacent to an activating group) is 1. The van der Waals surface area contributed by atoms with Crippen LogP contribution in [0.2, 0.25) is 0 Å². The van der Waals surface area contributed by atoms with Gasteiger partial charge in [-0.3, -0.25) is 14.5 Å². The van der Waals surface area contributed by atoms with Crippen LogP contribution in [0.1, 0.15) is 22.8 Å². The Hall–Kier alpha value is -3.17. The molecule has 1 saturated heterocycles. The number of aromatic nitrogens is 1. The SMILES string of the molecule is C/C(=N\NC(=O)c1ccncc1NS(=O)(=O)c1cccs1)c1cccc(S(=O)(=O)N2CCN(C)CC2)c1. The predicted octanol–water partition coefficient (Wildman–Crippen LogP) is 2.03. The maximum atomic E-state index is 13.1. The van der Waals surface area contributed by atoms with Crippen molar-refractivity contribution in [2.45, 2.75) is 16.0 Å². The molecule has 0 aliphatic carbocycles. The first-order valence-electron chi connectivity index (χ1n) is 11.2. The average Bonchev–Trinajstić information content (AvgIpc) is 3.44. The van der Waals surface area contributed by atoms with Crippen molar-refractivity contribution in [2.75, 3.05) is 37.9 Å². The molecule has 0 spiro atoms. The van der Waals surface area contributed by atoms with Gasteiger partial charge in [0.25, 0.3) is 15.9 Å². The number of amides is 1. The normalized spacial score (nSPS) is 15.9. The van der Waals surface area contributed by atoms with Gasteiger partial charge in [0, 0.05) is 32.4 Å². The molecule has 3 heterocycles. The lowest BCUT2D eigenvalue weighted by Crippen LogP contribution is -2.47. The number of piperazine rings is 1. The van der Waals surface area contributed by atoms with E-state index in [1.807, 2.05) is 7.05 Å². The van der Waals surface area contributed by atoms with E-state index < -0.39 is 26.0 Å². The van der Waals surface area contributed by atoms with Gasteiger partial charge in [-0.15, -0.1) is 11.3 Å². The smallest absolute Gasteiger partial charge is 0.273 e. The lowest BCUT2D eigenvalue weighted by Gasteiger charge is -2.31. The van der Waals surface area contributed by atoms with Crippen molar-refractivity contribution in [3.8, 4) is 0 Å². The Morgan fingerprint density at radius 3 is 2.51 bits per heavy atom. The summed E-state index contributed by atoms with van der Waals surface area (Å²) in [6.07, 6.45) is 2.60. The summed E-state index contributed by atoms with van der Waals surface area (Å²) in [5, 5.41) is 5.74. The van der Waals surface area contributed by atoms with Gasteiger partial charge >= 0.3 is 0 Å². The van der Waals surface area contributed by atoms with Crippen molar-refractivity contribution in [1.82, 2.24) is 19.6 Å². The highest BCUT2D eigenvalue weighted by atomic mass is 32.2. The minimum Gasteiger partial charge on any atom is -0.304 e. The number of anilines is 1. The van der Waals surface area contributed by atoms with E-state index in [2.05, 4.69) is 25.1 Å². The number of pyridine rings is 1. The number of nitrogens with zero attached hydrogens (tertiary/aromatic N) is 4. The Bertz CT molecular complexity index is 1510. The molecular weight excluding hydrogens is 536 g/mol.